The van der Waals surface area contributed by atoms with E-state index < -0.39 is 5.97 Å². The predicted molar refractivity (Wildman–Crippen MR) is 64.1 cm³/mol. The highest BCUT2D eigenvalue weighted by Crippen LogP contribution is 2.11. The first-order chi connectivity index (χ1) is 7.72. The molecular formula is C14H16O2. The van der Waals surface area contributed by atoms with Crippen molar-refractivity contribution in [3.63, 3.8) is 0 Å². The first-order valence-electron chi connectivity index (χ1n) is 5.49. The van der Waals surface area contributed by atoms with Gasteiger partial charge >= 0.3 is 5.97 Å². The number of carbonyl (C=O) groups is 1. The molecule has 0 atom stereocenters. The van der Waals surface area contributed by atoms with Gasteiger partial charge in [0.15, 0.2) is 0 Å². The van der Waals surface area contributed by atoms with Gasteiger partial charge in [-0.1, -0.05) is 37.0 Å². The molecule has 0 aliphatic rings. The smallest absolute Gasteiger partial charge is 0.389 e. The van der Waals surface area contributed by atoms with E-state index >= 15 is 0 Å². The van der Waals surface area contributed by atoms with Crippen LogP contribution in [0.1, 0.15) is 31.7 Å². The second kappa shape index (κ2) is 6.68. The Hall–Kier alpha value is -1.75. The largest absolute Gasteiger partial charge is 0.417 e. The van der Waals surface area contributed by atoms with Crippen molar-refractivity contribution in [1.29, 1.82) is 0 Å². The average Bonchev–Trinajstić information content (AvgIpc) is 2.28. The molecular weight excluding hydrogens is 200 g/mol. The number of esters is 1. The van der Waals surface area contributed by atoms with Crippen molar-refractivity contribution in [3.8, 4) is 17.6 Å². The van der Waals surface area contributed by atoms with E-state index in [1.807, 2.05) is 19.1 Å². The van der Waals surface area contributed by atoms with Gasteiger partial charge in [0.25, 0.3) is 0 Å². The fraction of sp³-hybridized carbons (Fsp3) is 0.357. The van der Waals surface area contributed by atoms with Crippen molar-refractivity contribution in [3.05, 3.63) is 29.8 Å². The van der Waals surface area contributed by atoms with Crippen LogP contribution in [0.15, 0.2) is 24.3 Å². The average molecular weight is 216 g/mol. The summed E-state index contributed by atoms with van der Waals surface area (Å²) in [7, 11) is 0. The maximum absolute atomic E-state index is 11.3. The monoisotopic (exact) mass is 216 g/mol. The van der Waals surface area contributed by atoms with E-state index in [0.29, 0.717) is 5.75 Å². The predicted octanol–water partition coefficient (Wildman–Crippen LogP) is 3.09. The highest BCUT2D eigenvalue weighted by molar-refractivity contribution is 5.90. The van der Waals surface area contributed by atoms with Gasteiger partial charge in [0.2, 0.25) is 0 Å². The van der Waals surface area contributed by atoms with Crippen LogP contribution < -0.4 is 4.74 Å². The van der Waals surface area contributed by atoms with Gasteiger partial charge in [-0.05, 0) is 25.5 Å². The minimum Gasteiger partial charge on any atom is -0.417 e. The van der Waals surface area contributed by atoms with E-state index in [0.717, 1.165) is 24.8 Å². The Kier molecular flexibility index (Phi) is 5.15. The molecule has 0 saturated heterocycles. The first kappa shape index (κ1) is 12.3. The standard InChI is InChI=1S/C14H16O2/c1-3-4-5-6-7-14(15)16-13-10-8-12(2)9-11-13/h8-11H,3-5H2,1-2H3. The third kappa shape index (κ3) is 4.65. The summed E-state index contributed by atoms with van der Waals surface area (Å²) in [6.07, 6.45) is 2.85. The van der Waals surface area contributed by atoms with Gasteiger partial charge in [0.05, 0.1) is 0 Å². The van der Waals surface area contributed by atoms with E-state index in [-0.39, 0.29) is 0 Å². The van der Waals surface area contributed by atoms with Gasteiger partial charge in [0.1, 0.15) is 5.75 Å². The molecule has 0 N–H and O–H groups in total. The van der Waals surface area contributed by atoms with Crippen molar-refractivity contribution in [2.75, 3.05) is 0 Å². The van der Waals surface area contributed by atoms with E-state index in [1.54, 1.807) is 12.1 Å². The molecule has 0 heterocycles. The van der Waals surface area contributed by atoms with E-state index in [2.05, 4.69) is 18.8 Å². The van der Waals surface area contributed by atoms with Crippen molar-refractivity contribution in [1.82, 2.24) is 0 Å². The summed E-state index contributed by atoms with van der Waals surface area (Å²) in [6, 6.07) is 7.32. The number of carbonyl (C=O) groups excluding carboxylic acids is 1. The van der Waals surface area contributed by atoms with Gasteiger partial charge < -0.3 is 4.74 Å². The molecule has 0 amide bonds. The molecule has 0 unspecified atom stereocenters. The topological polar surface area (TPSA) is 26.3 Å². The van der Waals surface area contributed by atoms with Gasteiger partial charge in [-0.15, -0.1) is 0 Å². The van der Waals surface area contributed by atoms with Crippen molar-refractivity contribution >= 4 is 5.97 Å². The number of hydrogen-bond acceptors (Lipinski definition) is 2. The molecule has 0 bridgehead atoms. The second-order valence-corrected chi connectivity index (χ2v) is 3.61. The van der Waals surface area contributed by atoms with Crippen molar-refractivity contribution < 1.29 is 9.53 Å². The number of unbranched alkanes of at least 4 members (excludes halogenated alkanes) is 2. The number of aryl methyl sites for hydroxylation is 1. The lowest BCUT2D eigenvalue weighted by Crippen LogP contribution is -2.04. The van der Waals surface area contributed by atoms with Crippen LogP contribution in [0, 0.1) is 18.8 Å². The second-order valence-electron chi connectivity index (χ2n) is 3.61. The highest BCUT2D eigenvalue weighted by Gasteiger charge is 1.99. The van der Waals surface area contributed by atoms with Crippen LogP contribution in [0.25, 0.3) is 0 Å². The molecule has 0 spiro atoms. The summed E-state index contributed by atoms with van der Waals surface area (Å²) >= 11 is 0. The number of benzene rings is 1. The minimum absolute atomic E-state index is 0.486. The Bertz CT molecular complexity index is 393. The van der Waals surface area contributed by atoms with Crippen LogP contribution in [-0.4, -0.2) is 5.97 Å². The lowest BCUT2D eigenvalue weighted by molar-refractivity contribution is -0.128. The zero-order chi connectivity index (χ0) is 11.8. The molecule has 16 heavy (non-hydrogen) atoms. The Morgan fingerprint density at radius 2 is 2.00 bits per heavy atom. The van der Waals surface area contributed by atoms with E-state index in [4.69, 9.17) is 4.74 Å². The summed E-state index contributed by atoms with van der Waals surface area (Å²) in [5.41, 5.74) is 1.13. The molecule has 1 aromatic rings. The Labute approximate surface area is 96.6 Å². The molecule has 2 nitrogen and oxygen atoms in total. The summed E-state index contributed by atoms with van der Waals surface area (Å²) in [4.78, 5) is 11.3. The van der Waals surface area contributed by atoms with Crippen molar-refractivity contribution in [2.24, 2.45) is 0 Å². The third-order valence-corrected chi connectivity index (χ3v) is 2.08. The van der Waals surface area contributed by atoms with Gasteiger partial charge in [-0.2, -0.15) is 0 Å². The molecule has 84 valence electrons. The quantitative estimate of drug-likeness (QED) is 0.255. The molecule has 2 heteroatoms. The molecule has 1 rings (SSSR count). The van der Waals surface area contributed by atoms with Crippen LogP contribution in [0.5, 0.6) is 5.75 Å². The van der Waals surface area contributed by atoms with Crippen LogP contribution in [-0.2, 0) is 4.79 Å². The first-order valence-corrected chi connectivity index (χ1v) is 5.49. The maximum Gasteiger partial charge on any atom is 0.389 e. The summed E-state index contributed by atoms with van der Waals surface area (Å²) < 4.78 is 5.04. The van der Waals surface area contributed by atoms with Crippen LogP contribution in [0.2, 0.25) is 0 Å². The van der Waals surface area contributed by atoms with E-state index in [1.165, 1.54) is 0 Å². The summed E-state index contributed by atoms with van der Waals surface area (Å²) in [5, 5.41) is 0. The lowest BCUT2D eigenvalue weighted by Gasteiger charge is -1.99. The molecule has 0 aliphatic heterocycles. The van der Waals surface area contributed by atoms with Crippen LogP contribution in [0.4, 0.5) is 0 Å². The number of hydrogen-bond donors (Lipinski definition) is 0. The minimum atomic E-state index is -0.486. The molecule has 0 fully saturated rings. The number of ether oxygens (including phenoxy) is 1. The normalized spacial score (nSPS) is 9.12. The van der Waals surface area contributed by atoms with Gasteiger partial charge in [-0.25, -0.2) is 4.79 Å². The lowest BCUT2D eigenvalue weighted by atomic mass is 10.2. The van der Waals surface area contributed by atoms with Gasteiger partial charge in [-0.3, -0.25) is 0 Å². The highest BCUT2D eigenvalue weighted by atomic mass is 16.5. The van der Waals surface area contributed by atoms with Crippen LogP contribution >= 0.6 is 0 Å². The summed E-state index contributed by atoms with van der Waals surface area (Å²) in [6.45, 7) is 4.07. The fourth-order valence-electron chi connectivity index (χ4n) is 1.14. The van der Waals surface area contributed by atoms with E-state index in [9.17, 15) is 4.79 Å². The van der Waals surface area contributed by atoms with Crippen LogP contribution in [0.3, 0.4) is 0 Å². The maximum atomic E-state index is 11.3. The Balaban J connectivity index is 2.44. The molecule has 0 radical (unpaired) electrons. The zero-order valence-electron chi connectivity index (χ0n) is 9.75. The zero-order valence-corrected chi connectivity index (χ0v) is 9.75. The number of rotatable bonds is 3. The fourth-order valence-corrected chi connectivity index (χ4v) is 1.14. The molecule has 1 aromatic carbocycles. The SMILES string of the molecule is CCCCC#CC(=O)Oc1ccc(C)cc1. The summed E-state index contributed by atoms with van der Waals surface area (Å²) in [5.74, 6) is 5.32. The Morgan fingerprint density at radius 3 is 2.62 bits per heavy atom. The third-order valence-electron chi connectivity index (χ3n) is 2.08. The van der Waals surface area contributed by atoms with Crippen molar-refractivity contribution in [2.45, 2.75) is 33.1 Å². The molecule has 0 aliphatic carbocycles. The Morgan fingerprint density at radius 1 is 1.31 bits per heavy atom. The molecule has 0 aromatic heterocycles. The molecule has 0 saturated carbocycles. The van der Waals surface area contributed by atoms with Gasteiger partial charge in [0, 0.05) is 12.3 Å².